The first-order chi connectivity index (χ1) is 9.65. The van der Waals surface area contributed by atoms with Crippen LogP contribution in [-0.2, 0) is 0 Å². The molecule has 0 spiro atoms. The average molecular weight is 283 g/mol. The fraction of sp³-hybridized carbons (Fsp3) is 0. The second-order valence-electron chi connectivity index (χ2n) is 4.29. The molecule has 2 aromatic carbocycles. The van der Waals surface area contributed by atoms with Crippen molar-refractivity contribution in [3.8, 4) is 0 Å². The van der Waals surface area contributed by atoms with Gasteiger partial charge in [0.25, 0.3) is 5.69 Å². The first-order valence-corrected chi connectivity index (χ1v) is 6.74. The molecule has 3 rings (SSSR count). The summed E-state index contributed by atoms with van der Waals surface area (Å²) in [5.74, 6) is -0.0607. The summed E-state index contributed by atoms with van der Waals surface area (Å²) in [7, 11) is 0. The zero-order valence-electron chi connectivity index (χ0n) is 10.3. The van der Waals surface area contributed by atoms with E-state index in [1.807, 2.05) is 18.2 Å². The number of nitro benzene ring substituents is 1. The number of carbonyl (C=O) groups excluding carboxylic acids is 1. The van der Waals surface area contributed by atoms with Gasteiger partial charge in [-0.2, -0.15) is 0 Å². The van der Waals surface area contributed by atoms with E-state index in [-0.39, 0.29) is 11.5 Å². The first-order valence-electron chi connectivity index (χ1n) is 5.93. The normalized spacial score (nSPS) is 10.6. The van der Waals surface area contributed by atoms with E-state index in [0.29, 0.717) is 10.4 Å². The van der Waals surface area contributed by atoms with Crippen LogP contribution in [0, 0.1) is 10.1 Å². The quantitative estimate of drug-likeness (QED) is 0.414. The molecule has 0 saturated carbocycles. The highest BCUT2D eigenvalue weighted by Crippen LogP contribution is 2.30. The molecule has 0 N–H and O–H groups in total. The molecule has 0 aliphatic heterocycles. The van der Waals surface area contributed by atoms with Gasteiger partial charge in [0, 0.05) is 27.8 Å². The fourth-order valence-corrected chi connectivity index (χ4v) is 2.99. The SMILES string of the molecule is O=C(c1ccccc1)c1cc2cc([N+](=O)[O-])ccc2s1. The standard InChI is InChI=1S/C15H9NO3S/c17-15(10-4-2-1-3-5-10)14-9-11-8-12(16(18)19)6-7-13(11)20-14/h1-9H. The minimum Gasteiger partial charge on any atom is -0.288 e. The summed E-state index contributed by atoms with van der Waals surface area (Å²) in [6.07, 6.45) is 0. The van der Waals surface area contributed by atoms with Gasteiger partial charge in [-0.15, -0.1) is 11.3 Å². The van der Waals surface area contributed by atoms with E-state index in [1.165, 1.54) is 23.5 Å². The average Bonchev–Trinajstić information content (AvgIpc) is 2.90. The molecule has 1 aromatic heterocycles. The second kappa shape index (κ2) is 4.86. The Kier molecular flexibility index (Phi) is 3.04. The summed E-state index contributed by atoms with van der Waals surface area (Å²) in [5, 5.41) is 11.5. The van der Waals surface area contributed by atoms with Gasteiger partial charge in [0.2, 0.25) is 5.78 Å². The van der Waals surface area contributed by atoms with Crippen molar-refractivity contribution in [2.75, 3.05) is 0 Å². The minimum atomic E-state index is -0.435. The van der Waals surface area contributed by atoms with E-state index in [9.17, 15) is 14.9 Å². The third-order valence-corrected chi connectivity index (χ3v) is 4.09. The van der Waals surface area contributed by atoms with Gasteiger partial charge in [-0.1, -0.05) is 30.3 Å². The van der Waals surface area contributed by atoms with Crippen molar-refractivity contribution in [3.63, 3.8) is 0 Å². The summed E-state index contributed by atoms with van der Waals surface area (Å²) in [4.78, 5) is 23.2. The van der Waals surface area contributed by atoms with Crippen LogP contribution >= 0.6 is 11.3 Å². The molecule has 0 radical (unpaired) electrons. The Hall–Kier alpha value is -2.53. The third-order valence-electron chi connectivity index (χ3n) is 2.97. The molecule has 1 heterocycles. The van der Waals surface area contributed by atoms with Crippen molar-refractivity contribution in [1.82, 2.24) is 0 Å². The summed E-state index contributed by atoms with van der Waals surface area (Å²) < 4.78 is 0.870. The smallest absolute Gasteiger partial charge is 0.270 e. The molecule has 0 aliphatic rings. The van der Waals surface area contributed by atoms with E-state index in [1.54, 1.807) is 24.3 Å². The topological polar surface area (TPSA) is 60.2 Å². The van der Waals surface area contributed by atoms with Crippen LogP contribution in [0.4, 0.5) is 5.69 Å². The lowest BCUT2D eigenvalue weighted by molar-refractivity contribution is -0.384. The summed E-state index contributed by atoms with van der Waals surface area (Å²) >= 11 is 1.35. The van der Waals surface area contributed by atoms with E-state index in [4.69, 9.17) is 0 Å². The Morgan fingerprint density at radius 3 is 2.50 bits per heavy atom. The number of carbonyl (C=O) groups is 1. The van der Waals surface area contributed by atoms with Crippen molar-refractivity contribution in [3.05, 3.63) is 75.2 Å². The number of nitrogens with zero attached hydrogens (tertiary/aromatic N) is 1. The molecule has 3 aromatic rings. The van der Waals surface area contributed by atoms with Crippen LogP contribution in [0.3, 0.4) is 0 Å². The van der Waals surface area contributed by atoms with E-state index >= 15 is 0 Å². The molecule has 0 aliphatic carbocycles. The molecule has 4 nitrogen and oxygen atoms in total. The molecule has 98 valence electrons. The fourth-order valence-electron chi connectivity index (χ4n) is 1.99. The predicted octanol–water partition coefficient (Wildman–Crippen LogP) is 4.04. The van der Waals surface area contributed by atoms with Gasteiger partial charge in [-0.05, 0) is 12.1 Å². The summed E-state index contributed by atoms with van der Waals surface area (Å²) in [6.45, 7) is 0. The van der Waals surface area contributed by atoms with Gasteiger partial charge in [-0.25, -0.2) is 0 Å². The van der Waals surface area contributed by atoms with E-state index < -0.39 is 4.92 Å². The second-order valence-corrected chi connectivity index (χ2v) is 5.37. The maximum absolute atomic E-state index is 12.3. The molecule has 20 heavy (non-hydrogen) atoms. The maximum atomic E-state index is 12.3. The van der Waals surface area contributed by atoms with E-state index in [2.05, 4.69) is 0 Å². The lowest BCUT2D eigenvalue weighted by Gasteiger charge is -1.95. The van der Waals surface area contributed by atoms with Crippen molar-refractivity contribution in [2.24, 2.45) is 0 Å². The van der Waals surface area contributed by atoms with Crippen LogP contribution in [0.2, 0.25) is 0 Å². The number of hydrogen-bond acceptors (Lipinski definition) is 4. The minimum absolute atomic E-state index is 0.0361. The van der Waals surface area contributed by atoms with Gasteiger partial charge in [0.1, 0.15) is 0 Å². The molecule has 0 saturated heterocycles. The molecular weight excluding hydrogens is 274 g/mol. The van der Waals surface area contributed by atoms with E-state index in [0.717, 1.165) is 10.1 Å². The Bertz CT molecular complexity index is 808. The zero-order chi connectivity index (χ0) is 14.1. The molecule has 0 atom stereocenters. The lowest BCUT2D eigenvalue weighted by Crippen LogP contribution is -1.97. The monoisotopic (exact) mass is 283 g/mol. The molecule has 0 amide bonds. The Morgan fingerprint density at radius 1 is 1.05 bits per heavy atom. The number of non-ortho nitro benzene ring substituents is 1. The molecule has 0 fully saturated rings. The largest absolute Gasteiger partial charge is 0.288 e. The van der Waals surface area contributed by atoms with Crippen LogP contribution < -0.4 is 0 Å². The Labute approximate surface area is 118 Å². The van der Waals surface area contributed by atoms with Crippen LogP contribution in [0.1, 0.15) is 15.2 Å². The first kappa shape index (κ1) is 12.5. The van der Waals surface area contributed by atoms with Crippen molar-refractivity contribution >= 4 is 32.9 Å². The molecule has 0 unspecified atom stereocenters. The number of fused-ring (bicyclic) bond motifs is 1. The van der Waals surface area contributed by atoms with Crippen LogP contribution in [0.5, 0.6) is 0 Å². The van der Waals surface area contributed by atoms with Crippen LogP contribution in [0.25, 0.3) is 10.1 Å². The number of nitro groups is 1. The third kappa shape index (κ3) is 2.19. The predicted molar refractivity (Wildman–Crippen MR) is 78.4 cm³/mol. The summed E-state index contributed by atoms with van der Waals surface area (Å²) in [5.41, 5.74) is 0.655. The van der Waals surface area contributed by atoms with Crippen molar-refractivity contribution in [2.45, 2.75) is 0 Å². The number of hydrogen-bond donors (Lipinski definition) is 0. The number of ketones is 1. The Morgan fingerprint density at radius 2 is 1.80 bits per heavy atom. The highest BCUT2D eigenvalue weighted by atomic mass is 32.1. The summed E-state index contributed by atoms with van der Waals surface area (Å²) in [6, 6.07) is 15.3. The lowest BCUT2D eigenvalue weighted by atomic mass is 10.1. The number of rotatable bonds is 3. The molecule has 0 bridgehead atoms. The van der Waals surface area contributed by atoms with Gasteiger partial charge < -0.3 is 0 Å². The van der Waals surface area contributed by atoms with Gasteiger partial charge in [0.15, 0.2) is 0 Å². The highest BCUT2D eigenvalue weighted by molar-refractivity contribution is 7.21. The zero-order valence-corrected chi connectivity index (χ0v) is 11.1. The number of benzene rings is 2. The van der Waals surface area contributed by atoms with Gasteiger partial charge >= 0.3 is 0 Å². The van der Waals surface area contributed by atoms with Crippen molar-refractivity contribution in [1.29, 1.82) is 0 Å². The molecule has 5 heteroatoms. The Balaban J connectivity index is 2.05. The van der Waals surface area contributed by atoms with Crippen molar-refractivity contribution < 1.29 is 9.72 Å². The number of thiophene rings is 1. The molecular formula is C15H9NO3S. The van der Waals surface area contributed by atoms with Crippen LogP contribution in [-0.4, -0.2) is 10.7 Å². The van der Waals surface area contributed by atoms with Crippen LogP contribution in [0.15, 0.2) is 54.6 Å². The maximum Gasteiger partial charge on any atom is 0.270 e. The van der Waals surface area contributed by atoms with Gasteiger partial charge in [-0.3, -0.25) is 14.9 Å². The van der Waals surface area contributed by atoms with Gasteiger partial charge in [0.05, 0.1) is 9.80 Å². The highest BCUT2D eigenvalue weighted by Gasteiger charge is 2.14.